The first-order valence-electron chi connectivity index (χ1n) is 8.78. The van der Waals surface area contributed by atoms with E-state index in [1.807, 2.05) is 18.2 Å². The Hall–Kier alpha value is -2.99. The van der Waals surface area contributed by atoms with Gasteiger partial charge in [0.1, 0.15) is 17.9 Å². The number of hydrogen-bond donors (Lipinski definition) is 2. The van der Waals surface area contributed by atoms with Crippen LogP contribution >= 0.6 is 0 Å². The third-order valence-electron chi connectivity index (χ3n) is 4.59. The van der Waals surface area contributed by atoms with E-state index in [9.17, 15) is 9.90 Å². The molecule has 1 heterocycles. The zero-order valence-corrected chi connectivity index (χ0v) is 15.7. The predicted octanol–water partition coefficient (Wildman–Crippen LogP) is 1.77. The van der Waals surface area contributed by atoms with Gasteiger partial charge < -0.3 is 23.9 Å². The number of benzene rings is 2. The molecule has 0 fully saturated rings. The van der Waals surface area contributed by atoms with Gasteiger partial charge in [0.25, 0.3) is 0 Å². The van der Waals surface area contributed by atoms with Crippen LogP contribution in [0.4, 0.5) is 0 Å². The maximum Gasteiger partial charge on any atom is 0.336 e. The zero-order valence-electron chi connectivity index (χ0n) is 15.7. The largest absolute Gasteiger partial charge is 0.508 e. The molecule has 0 amide bonds. The molecule has 2 N–H and O–H groups in total. The molecule has 0 aliphatic heterocycles. The monoisotopic (exact) mass is 370 g/mol. The van der Waals surface area contributed by atoms with E-state index in [1.54, 1.807) is 26.4 Å². The molecule has 0 saturated heterocycles. The van der Waals surface area contributed by atoms with E-state index in [2.05, 4.69) is 7.05 Å². The number of aromatic hydroxyl groups is 1. The fourth-order valence-electron chi connectivity index (χ4n) is 3.17. The highest BCUT2D eigenvalue weighted by atomic mass is 16.5. The normalized spacial score (nSPS) is 12.1. The third kappa shape index (κ3) is 4.41. The Morgan fingerprint density at radius 3 is 2.56 bits per heavy atom. The van der Waals surface area contributed by atoms with Gasteiger partial charge in [-0.1, -0.05) is 6.07 Å². The number of hydrogen-bond acceptors (Lipinski definition) is 5. The van der Waals surface area contributed by atoms with Crippen molar-refractivity contribution in [1.29, 1.82) is 0 Å². The molecular weight excluding hydrogens is 346 g/mol. The molecule has 6 heteroatoms. The summed E-state index contributed by atoms with van der Waals surface area (Å²) in [5, 5.41) is 10.4. The van der Waals surface area contributed by atoms with Crippen LogP contribution in [0.2, 0.25) is 0 Å². The van der Waals surface area contributed by atoms with Gasteiger partial charge >= 0.3 is 5.63 Å². The standard InChI is InChI=1S/C21H23NO5/c1-22(9-8-14-4-7-18(25-2)20(10-14)26-3)13-15-11-21(24)27-19-12-16(23)5-6-17(15)19/h4-7,10-12,23H,8-9,13H2,1-3H3/p+1. The summed E-state index contributed by atoms with van der Waals surface area (Å²) in [6.07, 6.45) is 0.867. The molecule has 6 nitrogen and oxygen atoms in total. The van der Waals surface area contributed by atoms with E-state index in [-0.39, 0.29) is 5.75 Å². The Kier molecular flexibility index (Phi) is 5.66. The molecule has 0 spiro atoms. The quantitative estimate of drug-likeness (QED) is 0.620. The minimum atomic E-state index is -0.407. The lowest BCUT2D eigenvalue weighted by Crippen LogP contribution is -3.07. The summed E-state index contributed by atoms with van der Waals surface area (Å²) in [6, 6.07) is 12.3. The summed E-state index contributed by atoms with van der Waals surface area (Å²) in [4.78, 5) is 13.1. The summed E-state index contributed by atoms with van der Waals surface area (Å²) in [6.45, 7) is 1.56. The number of phenolic OH excluding ortho intramolecular Hbond substituents is 1. The Labute approximate surface area is 157 Å². The number of rotatable bonds is 7. The molecule has 27 heavy (non-hydrogen) atoms. The average molecular weight is 370 g/mol. The summed E-state index contributed by atoms with van der Waals surface area (Å²) < 4.78 is 15.8. The highest BCUT2D eigenvalue weighted by molar-refractivity contribution is 5.81. The van der Waals surface area contributed by atoms with Crippen molar-refractivity contribution in [3.63, 3.8) is 0 Å². The molecule has 142 valence electrons. The van der Waals surface area contributed by atoms with Crippen LogP contribution in [0.25, 0.3) is 11.0 Å². The van der Waals surface area contributed by atoms with Crippen molar-refractivity contribution in [3.8, 4) is 17.2 Å². The Bertz CT molecular complexity index is 996. The second-order valence-electron chi connectivity index (χ2n) is 6.59. The molecule has 3 rings (SSSR count). The second-order valence-corrected chi connectivity index (χ2v) is 6.59. The summed E-state index contributed by atoms with van der Waals surface area (Å²) >= 11 is 0. The Morgan fingerprint density at radius 2 is 1.81 bits per heavy atom. The SMILES string of the molecule is COc1ccc(CC[NH+](C)Cc2cc(=O)oc3cc(O)ccc23)cc1OC. The van der Waals surface area contributed by atoms with E-state index < -0.39 is 5.63 Å². The van der Waals surface area contributed by atoms with Crippen LogP contribution in [0, 0.1) is 0 Å². The van der Waals surface area contributed by atoms with E-state index in [4.69, 9.17) is 13.9 Å². The molecule has 1 unspecified atom stereocenters. The van der Waals surface area contributed by atoms with Crippen molar-refractivity contribution in [1.82, 2.24) is 0 Å². The second kappa shape index (κ2) is 8.14. The van der Waals surface area contributed by atoms with E-state index in [0.717, 1.165) is 35.2 Å². The molecule has 0 radical (unpaired) electrons. The highest BCUT2D eigenvalue weighted by Crippen LogP contribution is 2.27. The topological polar surface area (TPSA) is 73.3 Å². The first kappa shape index (κ1) is 18.8. The number of likely N-dealkylation sites (N-methyl/N-ethyl adjacent to an activating group) is 1. The van der Waals surface area contributed by atoms with Crippen LogP contribution in [-0.2, 0) is 13.0 Å². The molecular formula is C21H24NO5+. The zero-order chi connectivity index (χ0) is 19.4. The molecule has 1 atom stereocenters. The summed E-state index contributed by atoms with van der Waals surface area (Å²) in [5.74, 6) is 1.52. The van der Waals surface area contributed by atoms with Crippen molar-refractivity contribution >= 4 is 11.0 Å². The minimum absolute atomic E-state index is 0.0805. The molecule has 2 aromatic carbocycles. The van der Waals surface area contributed by atoms with Gasteiger partial charge in [0.2, 0.25) is 0 Å². The Morgan fingerprint density at radius 1 is 1.04 bits per heavy atom. The van der Waals surface area contributed by atoms with Crippen LogP contribution < -0.4 is 20.0 Å². The van der Waals surface area contributed by atoms with Gasteiger partial charge in [-0.2, -0.15) is 0 Å². The van der Waals surface area contributed by atoms with Crippen LogP contribution in [-0.4, -0.2) is 32.9 Å². The van der Waals surface area contributed by atoms with Crippen LogP contribution in [0.1, 0.15) is 11.1 Å². The van der Waals surface area contributed by atoms with Gasteiger partial charge in [0.15, 0.2) is 11.5 Å². The lowest BCUT2D eigenvalue weighted by atomic mass is 10.1. The third-order valence-corrected chi connectivity index (χ3v) is 4.59. The Balaban J connectivity index is 1.72. The van der Waals surface area contributed by atoms with E-state index in [0.29, 0.717) is 17.9 Å². The van der Waals surface area contributed by atoms with Gasteiger partial charge in [-0.15, -0.1) is 0 Å². The predicted molar refractivity (Wildman–Crippen MR) is 103 cm³/mol. The number of quaternary nitrogens is 1. The molecule has 0 aliphatic rings. The maximum atomic E-state index is 11.8. The fourth-order valence-corrected chi connectivity index (χ4v) is 3.17. The molecule has 0 aliphatic carbocycles. The lowest BCUT2D eigenvalue weighted by molar-refractivity contribution is -0.893. The molecule has 1 aromatic heterocycles. The molecule has 0 bridgehead atoms. The van der Waals surface area contributed by atoms with Crippen LogP contribution in [0.3, 0.4) is 0 Å². The maximum absolute atomic E-state index is 11.8. The van der Waals surface area contributed by atoms with Gasteiger partial charge in [0.05, 0.1) is 27.8 Å². The molecule has 3 aromatic rings. The van der Waals surface area contributed by atoms with Gasteiger partial charge in [0, 0.05) is 29.5 Å². The number of ether oxygens (including phenoxy) is 2. The summed E-state index contributed by atoms with van der Waals surface area (Å²) in [5.41, 5.74) is 2.07. The van der Waals surface area contributed by atoms with Crippen molar-refractivity contribution in [2.24, 2.45) is 0 Å². The highest BCUT2D eigenvalue weighted by Gasteiger charge is 2.12. The smallest absolute Gasteiger partial charge is 0.336 e. The van der Waals surface area contributed by atoms with Crippen molar-refractivity contribution in [2.75, 3.05) is 27.8 Å². The van der Waals surface area contributed by atoms with Gasteiger partial charge in [-0.3, -0.25) is 0 Å². The number of fused-ring (bicyclic) bond motifs is 1. The fraction of sp³-hybridized carbons (Fsp3) is 0.286. The number of methoxy groups -OCH3 is 2. The van der Waals surface area contributed by atoms with E-state index >= 15 is 0 Å². The lowest BCUT2D eigenvalue weighted by Gasteiger charge is -2.16. The van der Waals surface area contributed by atoms with Crippen LogP contribution in [0.15, 0.2) is 51.7 Å². The van der Waals surface area contributed by atoms with Crippen molar-refractivity contribution in [3.05, 3.63) is 64.0 Å². The van der Waals surface area contributed by atoms with Gasteiger partial charge in [-0.05, 0) is 29.8 Å². The van der Waals surface area contributed by atoms with Crippen LogP contribution in [0.5, 0.6) is 17.2 Å². The van der Waals surface area contributed by atoms with E-state index in [1.165, 1.54) is 17.0 Å². The number of nitrogens with one attached hydrogen (secondary N) is 1. The van der Waals surface area contributed by atoms with Gasteiger partial charge in [-0.25, -0.2) is 4.79 Å². The first-order valence-corrected chi connectivity index (χ1v) is 8.78. The average Bonchev–Trinajstić information content (AvgIpc) is 2.65. The summed E-state index contributed by atoms with van der Waals surface area (Å²) in [7, 11) is 5.33. The van der Waals surface area contributed by atoms with Crippen molar-refractivity contribution in [2.45, 2.75) is 13.0 Å². The first-order chi connectivity index (χ1) is 13.0. The molecule has 0 saturated carbocycles. The number of phenols is 1. The van der Waals surface area contributed by atoms with Crippen molar-refractivity contribution < 1.29 is 23.9 Å². The minimum Gasteiger partial charge on any atom is -0.508 e.